The number of hydrogen-bond acceptors (Lipinski definition) is 3. The molecule has 2 aromatic rings. The van der Waals surface area contributed by atoms with Crippen molar-refractivity contribution in [2.24, 2.45) is 5.92 Å². The predicted molar refractivity (Wildman–Crippen MR) is 92.3 cm³/mol. The minimum atomic E-state index is -0.740. The van der Waals surface area contributed by atoms with Crippen LogP contribution >= 0.6 is 0 Å². The van der Waals surface area contributed by atoms with Gasteiger partial charge in [-0.05, 0) is 24.1 Å². The Balaban J connectivity index is 1.66. The fraction of sp³-hybridized carbons (Fsp3) is 0.300. The second kappa shape index (κ2) is 5.47. The zero-order valence-electron chi connectivity index (χ0n) is 13.6. The largest absolute Gasteiger partial charge is 0.325 e. The van der Waals surface area contributed by atoms with Crippen molar-refractivity contribution in [3.63, 3.8) is 0 Å². The second-order valence-electron chi connectivity index (χ2n) is 6.81. The summed E-state index contributed by atoms with van der Waals surface area (Å²) in [5.41, 5.74) is 3.51. The van der Waals surface area contributed by atoms with Gasteiger partial charge in [0.1, 0.15) is 5.41 Å². The number of fused-ring (bicyclic) bond motifs is 2. The van der Waals surface area contributed by atoms with Gasteiger partial charge in [-0.25, -0.2) is 0 Å². The normalized spacial score (nSPS) is 25.5. The molecule has 2 atom stereocenters. The molecule has 4 rings (SSSR count). The quantitative estimate of drug-likeness (QED) is 0.926. The van der Waals surface area contributed by atoms with Crippen LogP contribution in [0.15, 0.2) is 48.5 Å². The molecule has 0 aliphatic carbocycles. The van der Waals surface area contributed by atoms with E-state index in [0.29, 0.717) is 13.1 Å². The summed E-state index contributed by atoms with van der Waals surface area (Å²) in [4.78, 5) is 15.0. The first-order valence-corrected chi connectivity index (χ1v) is 8.22. The van der Waals surface area contributed by atoms with Crippen LogP contribution < -0.4 is 5.32 Å². The highest BCUT2D eigenvalue weighted by Crippen LogP contribution is 2.47. The van der Waals surface area contributed by atoms with Crippen LogP contribution in [0.4, 0.5) is 5.69 Å². The third-order valence-corrected chi connectivity index (χ3v) is 5.25. The molecule has 1 spiro atoms. The van der Waals surface area contributed by atoms with Crippen LogP contribution in [-0.2, 0) is 16.8 Å². The highest BCUT2D eigenvalue weighted by atomic mass is 16.2. The average Bonchev–Trinajstić information content (AvgIpc) is 3.09. The summed E-state index contributed by atoms with van der Waals surface area (Å²) in [6.07, 6.45) is 0. The molecular weight excluding hydrogens is 298 g/mol. The smallest absolute Gasteiger partial charge is 0.237 e. The second-order valence-corrected chi connectivity index (χ2v) is 6.81. The molecule has 2 aromatic carbocycles. The van der Waals surface area contributed by atoms with Crippen LogP contribution in [0.25, 0.3) is 0 Å². The van der Waals surface area contributed by atoms with Crippen molar-refractivity contribution in [1.82, 2.24) is 4.90 Å². The highest BCUT2D eigenvalue weighted by molar-refractivity contribution is 6.07. The molecule has 24 heavy (non-hydrogen) atoms. The maximum Gasteiger partial charge on any atom is 0.237 e. The van der Waals surface area contributed by atoms with Gasteiger partial charge < -0.3 is 5.32 Å². The number of carbonyl (C=O) groups excluding carboxylic acids is 1. The molecule has 1 amide bonds. The molecular formula is C20H19N3O. The first-order valence-electron chi connectivity index (χ1n) is 8.22. The molecule has 0 radical (unpaired) electrons. The zero-order valence-corrected chi connectivity index (χ0v) is 13.6. The number of benzene rings is 2. The SMILES string of the molecule is Cc1ccc(CN2CC(C#N)C3(C2)C(=O)Nc2ccccc23)cc1. The lowest BCUT2D eigenvalue weighted by molar-refractivity contribution is -0.121. The number of amides is 1. The number of aryl methyl sites for hydroxylation is 1. The average molecular weight is 317 g/mol. The molecule has 2 heterocycles. The van der Waals surface area contributed by atoms with Gasteiger partial charge in [-0.2, -0.15) is 5.26 Å². The van der Waals surface area contributed by atoms with E-state index in [1.165, 1.54) is 11.1 Å². The summed E-state index contributed by atoms with van der Waals surface area (Å²) in [6.45, 7) is 4.03. The first kappa shape index (κ1) is 14.9. The van der Waals surface area contributed by atoms with E-state index in [1.54, 1.807) is 0 Å². The number of hydrogen-bond donors (Lipinski definition) is 1. The lowest BCUT2D eigenvalue weighted by Gasteiger charge is -2.24. The molecule has 4 heteroatoms. The van der Waals surface area contributed by atoms with E-state index in [-0.39, 0.29) is 11.8 Å². The molecule has 1 N–H and O–H groups in total. The van der Waals surface area contributed by atoms with E-state index in [4.69, 9.17) is 0 Å². The first-order chi connectivity index (χ1) is 11.6. The van der Waals surface area contributed by atoms with Gasteiger partial charge in [-0.15, -0.1) is 0 Å². The standard InChI is InChI=1S/C20H19N3O/c1-14-6-8-15(9-7-14)11-23-12-16(10-21)20(13-23)17-4-2-3-5-18(17)22-19(20)24/h2-9,16H,11-13H2,1H3,(H,22,24). The van der Waals surface area contributed by atoms with E-state index in [2.05, 4.69) is 47.5 Å². The van der Waals surface area contributed by atoms with Gasteiger partial charge in [0.2, 0.25) is 5.91 Å². The molecule has 0 saturated carbocycles. The van der Waals surface area contributed by atoms with Crippen LogP contribution in [0, 0.1) is 24.2 Å². The van der Waals surface area contributed by atoms with E-state index in [0.717, 1.165) is 17.8 Å². The Kier molecular flexibility index (Phi) is 3.40. The number of likely N-dealkylation sites (tertiary alicyclic amines) is 1. The van der Waals surface area contributed by atoms with Gasteiger partial charge in [0, 0.05) is 25.3 Å². The van der Waals surface area contributed by atoms with Gasteiger partial charge in [-0.3, -0.25) is 9.69 Å². The number of anilines is 1. The van der Waals surface area contributed by atoms with Gasteiger partial charge in [0.05, 0.1) is 12.0 Å². The lowest BCUT2D eigenvalue weighted by Crippen LogP contribution is -2.41. The van der Waals surface area contributed by atoms with Crippen LogP contribution in [0.2, 0.25) is 0 Å². The van der Waals surface area contributed by atoms with Crippen LogP contribution in [0.3, 0.4) is 0 Å². The zero-order chi connectivity index (χ0) is 16.7. The third-order valence-electron chi connectivity index (χ3n) is 5.25. The molecule has 120 valence electrons. The fourth-order valence-electron chi connectivity index (χ4n) is 4.00. The van der Waals surface area contributed by atoms with Crippen LogP contribution in [0.5, 0.6) is 0 Å². The molecule has 2 unspecified atom stereocenters. The van der Waals surface area contributed by atoms with E-state index >= 15 is 0 Å². The predicted octanol–water partition coefficient (Wildman–Crippen LogP) is 2.84. The van der Waals surface area contributed by atoms with Crippen molar-refractivity contribution in [3.8, 4) is 6.07 Å². The van der Waals surface area contributed by atoms with Crippen molar-refractivity contribution in [2.75, 3.05) is 18.4 Å². The molecule has 2 aliphatic rings. The van der Waals surface area contributed by atoms with Gasteiger partial charge >= 0.3 is 0 Å². The third kappa shape index (κ3) is 2.13. The molecule has 1 saturated heterocycles. The highest BCUT2D eigenvalue weighted by Gasteiger charge is 2.57. The van der Waals surface area contributed by atoms with Gasteiger partial charge in [-0.1, -0.05) is 48.0 Å². The van der Waals surface area contributed by atoms with Crippen molar-refractivity contribution in [2.45, 2.75) is 18.9 Å². The Bertz CT molecular complexity index is 837. The summed E-state index contributed by atoms with van der Waals surface area (Å²) in [5.74, 6) is -0.367. The summed E-state index contributed by atoms with van der Waals surface area (Å²) < 4.78 is 0. The Morgan fingerprint density at radius 3 is 2.75 bits per heavy atom. The monoisotopic (exact) mass is 317 g/mol. The van der Waals surface area contributed by atoms with E-state index in [1.807, 2.05) is 24.3 Å². The maximum absolute atomic E-state index is 12.8. The van der Waals surface area contributed by atoms with Crippen molar-refractivity contribution in [1.29, 1.82) is 5.26 Å². The summed E-state index contributed by atoms with van der Waals surface area (Å²) in [7, 11) is 0. The van der Waals surface area contributed by atoms with Gasteiger partial charge in [0.15, 0.2) is 0 Å². The molecule has 0 bridgehead atoms. The number of nitriles is 1. The van der Waals surface area contributed by atoms with Crippen LogP contribution in [-0.4, -0.2) is 23.9 Å². The summed E-state index contributed by atoms with van der Waals surface area (Å²) >= 11 is 0. The fourth-order valence-corrected chi connectivity index (χ4v) is 4.00. The number of para-hydroxylation sites is 1. The van der Waals surface area contributed by atoms with Crippen molar-refractivity contribution >= 4 is 11.6 Å². The molecule has 2 aliphatic heterocycles. The number of nitrogens with one attached hydrogen (secondary N) is 1. The van der Waals surface area contributed by atoms with Crippen molar-refractivity contribution < 1.29 is 4.79 Å². The Morgan fingerprint density at radius 2 is 2.00 bits per heavy atom. The number of rotatable bonds is 2. The van der Waals surface area contributed by atoms with Crippen LogP contribution in [0.1, 0.15) is 16.7 Å². The van der Waals surface area contributed by atoms with E-state index < -0.39 is 5.41 Å². The number of carbonyl (C=O) groups is 1. The molecule has 4 nitrogen and oxygen atoms in total. The molecule has 1 fully saturated rings. The van der Waals surface area contributed by atoms with Gasteiger partial charge in [0.25, 0.3) is 0 Å². The molecule has 0 aromatic heterocycles. The van der Waals surface area contributed by atoms with E-state index in [9.17, 15) is 10.1 Å². The minimum Gasteiger partial charge on any atom is -0.325 e. The topological polar surface area (TPSA) is 56.1 Å². The Labute approximate surface area is 141 Å². The minimum absolute atomic E-state index is 0.0401. The lowest BCUT2D eigenvalue weighted by atomic mass is 9.74. The number of nitrogens with zero attached hydrogens (tertiary/aromatic N) is 2. The Morgan fingerprint density at radius 1 is 1.25 bits per heavy atom. The maximum atomic E-state index is 12.8. The summed E-state index contributed by atoms with van der Waals surface area (Å²) in [5, 5.41) is 12.7. The summed E-state index contributed by atoms with van der Waals surface area (Å²) in [6, 6.07) is 18.6. The Hall–Kier alpha value is -2.64. The van der Waals surface area contributed by atoms with Crippen molar-refractivity contribution in [3.05, 3.63) is 65.2 Å².